The Labute approximate surface area is 83.5 Å². The van der Waals surface area contributed by atoms with Gasteiger partial charge in [-0.1, -0.05) is 28.1 Å². The maximum atomic E-state index is 10.6. The fourth-order valence-electron chi connectivity index (χ4n) is 0.947. The van der Waals surface area contributed by atoms with Crippen LogP contribution in [-0.4, -0.2) is 17.4 Å². The number of benzene rings is 1. The van der Waals surface area contributed by atoms with Crippen molar-refractivity contribution in [3.8, 4) is 0 Å². The van der Waals surface area contributed by atoms with E-state index in [0.29, 0.717) is 5.56 Å². The van der Waals surface area contributed by atoms with Gasteiger partial charge in [-0.25, -0.2) is 0 Å². The number of hydrogen-bond donors (Lipinski definition) is 1. The number of carboxylic acid groups (broad SMARTS) is 1. The normalized spacial score (nSPS) is 12.1. The molecule has 0 spiro atoms. The van der Waals surface area contributed by atoms with Crippen molar-refractivity contribution in [3.05, 3.63) is 34.3 Å². The Balaban J connectivity index is 3.04. The van der Waals surface area contributed by atoms with E-state index in [1.54, 1.807) is 24.3 Å². The van der Waals surface area contributed by atoms with Crippen LogP contribution < -0.4 is 0 Å². The first-order valence-electron chi connectivity index (χ1n) is 3.51. The van der Waals surface area contributed by atoms with Gasteiger partial charge < -0.3 is 5.11 Å². The number of rotatable bonds is 3. The predicted molar refractivity (Wildman–Crippen MR) is 50.2 cm³/mol. The summed E-state index contributed by atoms with van der Waals surface area (Å²) in [6.45, 7) is 0. The van der Waals surface area contributed by atoms with Crippen LogP contribution in [0.5, 0.6) is 0 Å². The van der Waals surface area contributed by atoms with Crippen LogP contribution in [0.1, 0.15) is 11.5 Å². The van der Waals surface area contributed by atoms with Gasteiger partial charge in [0.2, 0.25) is 6.29 Å². The molecule has 3 nitrogen and oxygen atoms in total. The molecule has 0 aromatic heterocycles. The first-order valence-corrected chi connectivity index (χ1v) is 4.30. The summed E-state index contributed by atoms with van der Waals surface area (Å²) in [5.41, 5.74) is 0.428. The first-order chi connectivity index (χ1) is 6.15. The van der Waals surface area contributed by atoms with Crippen molar-refractivity contribution in [1.29, 1.82) is 0 Å². The average molecular weight is 242 g/mol. The molecule has 4 heteroatoms. The van der Waals surface area contributed by atoms with Gasteiger partial charge in [0.1, 0.15) is 5.92 Å². The molecule has 0 bridgehead atoms. The molecule has 0 amide bonds. The van der Waals surface area contributed by atoms with Crippen molar-refractivity contribution in [2.75, 3.05) is 0 Å². The molecule has 1 atom stereocenters. The van der Waals surface area contributed by atoms with Gasteiger partial charge in [-0.05, 0) is 17.7 Å². The Bertz CT molecular complexity index is 335. The zero-order valence-electron chi connectivity index (χ0n) is 6.53. The van der Waals surface area contributed by atoms with E-state index >= 15 is 0 Å². The standard InChI is InChI=1S/C9H6BrO3/c10-7-3-1-2-6(4-7)8(5-11)9(12)13/h1-4,8H,(H,12,13). The molecule has 0 saturated carbocycles. The van der Waals surface area contributed by atoms with Gasteiger partial charge in [0, 0.05) is 4.47 Å². The summed E-state index contributed by atoms with van der Waals surface area (Å²) in [6.07, 6.45) is 1.47. The van der Waals surface area contributed by atoms with Crippen molar-refractivity contribution in [3.63, 3.8) is 0 Å². The number of carbonyl (C=O) groups excluding carboxylic acids is 1. The molecule has 0 heterocycles. The zero-order valence-corrected chi connectivity index (χ0v) is 8.11. The van der Waals surface area contributed by atoms with Crippen molar-refractivity contribution < 1.29 is 14.7 Å². The maximum absolute atomic E-state index is 10.6. The molecule has 1 radical (unpaired) electrons. The van der Waals surface area contributed by atoms with Gasteiger partial charge in [0.15, 0.2) is 0 Å². The Hall–Kier alpha value is -1.16. The molecular weight excluding hydrogens is 236 g/mol. The fourth-order valence-corrected chi connectivity index (χ4v) is 1.36. The lowest BCUT2D eigenvalue weighted by molar-refractivity contribution is -0.137. The molecular formula is C9H6BrO3. The maximum Gasteiger partial charge on any atom is 0.319 e. The highest BCUT2D eigenvalue weighted by molar-refractivity contribution is 9.10. The van der Waals surface area contributed by atoms with Gasteiger partial charge in [-0.2, -0.15) is 0 Å². The zero-order chi connectivity index (χ0) is 9.84. The van der Waals surface area contributed by atoms with Crippen LogP contribution in [0, 0.1) is 0 Å². The molecule has 0 saturated heterocycles. The Morgan fingerprint density at radius 3 is 2.69 bits per heavy atom. The molecule has 0 aliphatic carbocycles. The highest BCUT2D eigenvalue weighted by Gasteiger charge is 2.19. The number of aliphatic carboxylic acids is 1. The molecule has 67 valence electrons. The smallest absolute Gasteiger partial charge is 0.319 e. The van der Waals surface area contributed by atoms with Gasteiger partial charge >= 0.3 is 5.97 Å². The first kappa shape index (κ1) is 9.92. The second-order valence-electron chi connectivity index (χ2n) is 2.44. The molecule has 0 fully saturated rings. The third-order valence-electron chi connectivity index (χ3n) is 1.55. The number of carbonyl (C=O) groups is 1. The Morgan fingerprint density at radius 1 is 1.54 bits per heavy atom. The third kappa shape index (κ3) is 2.39. The lowest BCUT2D eigenvalue weighted by Crippen LogP contribution is -2.12. The summed E-state index contributed by atoms with van der Waals surface area (Å²) in [5.74, 6) is -2.38. The van der Waals surface area contributed by atoms with Crippen LogP contribution in [-0.2, 0) is 9.59 Å². The van der Waals surface area contributed by atoms with E-state index in [2.05, 4.69) is 15.9 Å². The second kappa shape index (κ2) is 4.18. The fraction of sp³-hybridized carbons (Fsp3) is 0.111. The lowest BCUT2D eigenvalue weighted by atomic mass is 10.0. The molecule has 0 aliphatic heterocycles. The minimum atomic E-state index is -1.20. The van der Waals surface area contributed by atoms with Crippen LogP contribution in [0.2, 0.25) is 0 Å². The molecule has 1 aromatic rings. The number of halogens is 1. The van der Waals surface area contributed by atoms with Gasteiger partial charge in [0.05, 0.1) is 0 Å². The van der Waals surface area contributed by atoms with Gasteiger partial charge in [-0.15, -0.1) is 0 Å². The Morgan fingerprint density at radius 2 is 2.23 bits per heavy atom. The molecule has 13 heavy (non-hydrogen) atoms. The van der Waals surface area contributed by atoms with E-state index in [1.165, 1.54) is 6.29 Å². The van der Waals surface area contributed by atoms with Gasteiger partial charge in [0.25, 0.3) is 0 Å². The lowest BCUT2D eigenvalue weighted by Gasteiger charge is -2.03. The summed E-state index contributed by atoms with van der Waals surface area (Å²) in [7, 11) is 0. The SMILES string of the molecule is O=[C]C(C(=O)O)c1cccc(Br)c1. The highest BCUT2D eigenvalue weighted by Crippen LogP contribution is 2.18. The number of carboxylic acids is 1. The molecule has 1 N–H and O–H groups in total. The minimum absolute atomic E-state index is 0.428. The monoisotopic (exact) mass is 241 g/mol. The average Bonchev–Trinajstić information content (AvgIpc) is 2.04. The van der Waals surface area contributed by atoms with Crippen LogP contribution in [0.15, 0.2) is 28.7 Å². The molecule has 1 unspecified atom stereocenters. The molecule has 0 aliphatic rings. The minimum Gasteiger partial charge on any atom is -0.480 e. The summed E-state index contributed by atoms with van der Waals surface area (Å²) in [6, 6.07) is 6.60. The largest absolute Gasteiger partial charge is 0.480 e. The highest BCUT2D eigenvalue weighted by atomic mass is 79.9. The van der Waals surface area contributed by atoms with E-state index in [0.717, 1.165) is 4.47 Å². The van der Waals surface area contributed by atoms with Crippen LogP contribution in [0.25, 0.3) is 0 Å². The van der Waals surface area contributed by atoms with Crippen LogP contribution in [0.3, 0.4) is 0 Å². The Kier molecular flexibility index (Phi) is 3.19. The van der Waals surface area contributed by atoms with Crippen LogP contribution >= 0.6 is 15.9 Å². The van der Waals surface area contributed by atoms with E-state index in [-0.39, 0.29) is 0 Å². The summed E-state index contributed by atoms with van der Waals surface area (Å²) in [4.78, 5) is 20.9. The second-order valence-corrected chi connectivity index (χ2v) is 3.36. The van der Waals surface area contributed by atoms with E-state index in [9.17, 15) is 9.59 Å². The quantitative estimate of drug-likeness (QED) is 0.821. The molecule has 1 rings (SSSR count). The van der Waals surface area contributed by atoms with Crippen molar-refractivity contribution in [1.82, 2.24) is 0 Å². The third-order valence-corrected chi connectivity index (χ3v) is 2.04. The summed E-state index contributed by atoms with van der Waals surface area (Å²) >= 11 is 3.19. The molecule has 1 aromatic carbocycles. The topological polar surface area (TPSA) is 54.4 Å². The van der Waals surface area contributed by atoms with Crippen LogP contribution in [0.4, 0.5) is 0 Å². The van der Waals surface area contributed by atoms with E-state index in [4.69, 9.17) is 5.11 Å². The number of hydrogen-bond acceptors (Lipinski definition) is 2. The predicted octanol–water partition coefficient (Wildman–Crippen LogP) is 1.73. The van der Waals surface area contributed by atoms with Gasteiger partial charge in [-0.3, -0.25) is 9.59 Å². The van der Waals surface area contributed by atoms with E-state index in [1.807, 2.05) is 0 Å². The van der Waals surface area contributed by atoms with Crippen molar-refractivity contribution in [2.45, 2.75) is 5.92 Å². The van der Waals surface area contributed by atoms with E-state index < -0.39 is 11.9 Å². The summed E-state index contributed by atoms with van der Waals surface area (Å²) in [5, 5.41) is 8.64. The van der Waals surface area contributed by atoms with Crippen molar-refractivity contribution >= 4 is 28.2 Å². The summed E-state index contributed by atoms with van der Waals surface area (Å²) < 4.78 is 0.742. The van der Waals surface area contributed by atoms with Crippen molar-refractivity contribution in [2.24, 2.45) is 0 Å².